The normalized spacial score (nSPS) is 11.3. The number of para-hydroxylation sites is 1. The summed E-state index contributed by atoms with van der Waals surface area (Å²) in [6.07, 6.45) is -0.555. The zero-order chi connectivity index (χ0) is 14.9. The van der Waals surface area contributed by atoms with Crippen molar-refractivity contribution in [1.82, 2.24) is 0 Å². The fourth-order valence-corrected chi connectivity index (χ4v) is 2.71. The molecule has 0 aliphatic carbocycles. The summed E-state index contributed by atoms with van der Waals surface area (Å²) < 4.78 is 18.8. The number of hydrogen-bond donors (Lipinski definition) is 1. The molecule has 0 fully saturated rings. The molecule has 2 rings (SSSR count). The second-order valence-corrected chi connectivity index (χ2v) is 6.03. The molecule has 0 aromatic heterocycles. The van der Waals surface area contributed by atoms with E-state index in [0.717, 1.165) is 5.75 Å². The Morgan fingerprint density at radius 2 is 1.81 bits per heavy atom. The molecule has 0 saturated carbocycles. The molecule has 0 radical (unpaired) electrons. The van der Waals surface area contributed by atoms with E-state index >= 15 is 0 Å². The Balaban J connectivity index is 1.73. The molecular formula is C17H15FO2Se. The predicted octanol–water partition coefficient (Wildman–Crippen LogP) is 2.70. The van der Waals surface area contributed by atoms with Gasteiger partial charge in [0, 0.05) is 0 Å². The van der Waals surface area contributed by atoms with Gasteiger partial charge in [-0.1, -0.05) is 0 Å². The average molecular weight is 349 g/mol. The number of aliphatic hydroxyl groups is 1. The van der Waals surface area contributed by atoms with Gasteiger partial charge in [-0.2, -0.15) is 0 Å². The third kappa shape index (κ3) is 5.61. The van der Waals surface area contributed by atoms with E-state index in [-0.39, 0.29) is 27.4 Å². The quantitative estimate of drug-likeness (QED) is 0.664. The van der Waals surface area contributed by atoms with Crippen molar-refractivity contribution >= 4 is 15.0 Å². The van der Waals surface area contributed by atoms with Gasteiger partial charge in [-0.3, -0.25) is 0 Å². The number of hydrogen-bond acceptors (Lipinski definition) is 2. The van der Waals surface area contributed by atoms with Gasteiger partial charge in [0.15, 0.2) is 0 Å². The summed E-state index contributed by atoms with van der Waals surface area (Å²) in [4.78, 5) is 2.93. The summed E-state index contributed by atoms with van der Waals surface area (Å²) in [7, 11) is 0. The third-order valence-electron chi connectivity index (χ3n) is 2.59. The molecule has 0 heterocycles. The van der Waals surface area contributed by atoms with Crippen molar-refractivity contribution in [3.8, 4) is 16.5 Å². The summed E-state index contributed by atoms with van der Waals surface area (Å²) in [5, 5.41) is 10.4. The monoisotopic (exact) mass is 350 g/mol. The molecule has 108 valence electrons. The third-order valence-corrected chi connectivity index (χ3v) is 4.27. The first-order valence-corrected chi connectivity index (χ1v) is 8.56. The Morgan fingerprint density at radius 3 is 2.57 bits per heavy atom. The van der Waals surface area contributed by atoms with E-state index in [2.05, 4.69) is 10.7 Å². The fraction of sp³-hybridized carbons (Fsp3) is 0.176. The average Bonchev–Trinajstić information content (AvgIpc) is 2.52. The van der Waals surface area contributed by atoms with Gasteiger partial charge < -0.3 is 0 Å². The molecule has 0 aliphatic heterocycles. The molecule has 4 heteroatoms. The maximum atomic E-state index is 13.3. The van der Waals surface area contributed by atoms with E-state index in [9.17, 15) is 9.50 Å². The van der Waals surface area contributed by atoms with Gasteiger partial charge in [0.2, 0.25) is 0 Å². The van der Waals surface area contributed by atoms with Crippen LogP contribution in [0, 0.1) is 16.6 Å². The van der Waals surface area contributed by atoms with E-state index in [1.807, 2.05) is 30.3 Å². The predicted molar refractivity (Wildman–Crippen MR) is 81.8 cm³/mol. The van der Waals surface area contributed by atoms with Crippen LogP contribution in [0.25, 0.3) is 0 Å². The van der Waals surface area contributed by atoms with Gasteiger partial charge in [-0.05, 0) is 0 Å². The van der Waals surface area contributed by atoms with Crippen molar-refractivity contribution < 1.29 is 14.2 Å². The molecule has 0 aliphatic rings. The molecule has 1 atom stereocenters. The van der Waals surface area contributed by atoms with Gasteiger partial charge in [0.05, 0.1) is 0 Å². The number of rotatable bonds is 5. The zero-order valence-corrected chi connectivity index (χ0v) is 13.0. The van der Waals surface area contributed by atoms with Crippen molar-refractivity contribution in [2.75, 3.05) is 6.61 Å². The van der Waals surface area contributed by atoms with Crippen molar-refractivity contribution in [2.24, 2.45) is 0 Å². The SMILES string of the molecule is OC(COc1ccccc1)C[Se]C#Cc1ccccc1F. The maximum absolute atomic E-state index is 13.3. The Kier molecular flexibility index (Phi) is 6.30. The second kappa shape index (κ2) is 8.49. The molecular weight excluding hydrogens is 334 g/mol. The number of ether oxygens (including phenoxy) is 1. The molecule has 0 spiro atoms. The van der Waals surface area contributed by atoms with Crippen LogP contribution in [0.1, 0.15) is 5.56 Å². The van der Waals surface area contributed by atoms with E-state index in [4.69, 9.17) is 4.74 Å². The Labute approximate surface area is 130 Å². The number of halogens is 1. The first-order valence-electron chi connectivity index (χ1n) is 6.49. The van der Waals surface area contributed by atoms with E-state index in [0.29, 0.717) is 10.9 Å². The van der Waals surface area contributed by atoms with Crippen LogP contribution in [-0.2, 0) is 0 Å². The topological polar surface area (TPSA) is 29.5 Å². The van der Waals surface area contributed by atoms with Crippen LogP contribution in [0.5, 0.6) is 5.75 Å². The molecule has 2 nitrogen and oxygen atoms in total. The first-order chi connectivity index (χ1) is 10.3. The first kappa shape index (κ1) is 15.6. The summed E-state index contributed by atoms with van der Waals surface area (Å²) in [5.41, 5.74) is 0.398. The van der Waals surface area contributed by atoms with E-state index in [1.165, 1.54) is 6.07 Å². The van der Waals surface area contributed by atoms with Crippen LogP contribution in [0.4, 0.5) is 4.39 Å². The standard InChI is InChI=1S/C17H15FO2Se/c18-17-9-5-4-6-14(17)10-11-21-13-15(19)12-20-16-7-2-1-3-8-16/h1-9,15,19H,12-13H2. The minimum absolute atomic E-state index is 0.0677. The van der Waals surface area contributed by atoms with Crippen LogP contribution < -0.4 is 4.74 Å². The van der Waals surface area contributed by atoms with Crippen molar-refractivity contribution in [3.05, 3.63) is 66.0 Å². The number of aliphatic hydroxyl groups excluding tert-OH is 1. The Hall–Kier alpha value is -1.79. The van der Waals surface area contributed by atoms with Gasteiger partial charge in [-0.25, -0.2) is 0 Å². The van der Waals surface area contributed by atoms with Gasteiger partial charge in [0.25, 0.3) is 0 Å². The zero-order valence-electron chi connectivity index (χ0n) is 11.3. The van der Waals surface area contributed by atoms with Crippen LogP contribution >= 0.6 is 0 Å². The van der Waals surface area contributed by atoms with E-state index in [1.54, 1.807) is 18.2 Å². The van der Waals surface area contributed by atoms with Crippen molar-refractivity contribution in [2.45, 2.75) is 11.4 Å². The van der Waals surface area contributed by atoms with Crippen molar-refractivity contribution in [1.29, 1.82) is 0 Å². The van der Waals surface area contributed by atoms with E-state index < -0.39 is 6.10 Å². The Bertz CT molecular complexity index is 619. The molecule has 1 unspecified atom stereocenters. The molecule has 1 N–H and O–H groups in total. The van der Waals surface area contributed by atoms with Crippen LogP contribution in [0.15, 0.2) is 54.6 Å². The Morgan fingerprint density at radius 1 is 1.10 bits per heavy atom. The number of benzene rings is 2. The molecule has 0 saturated heterocycles. The van der Waals surface area contributed by atoms with Crippen LogP contribution in [0.3, 0.4) is 0 Å². The molecule has 0 amide bonds. The molecule has 21 heavy (non-hydrogen) atoms. The van der Waals surface area contributed by atoms with Crippen LogP contribution in [0.2, 0.25) is 5.32 Å². The molecule has 2 aromatic rings. The minimum atomic E-state index is -0.555. The van der Waals surface area contributed by atoms with Gasteiger partial charge >= 0.3 is 130 Å². The summed E-state index contributed by atoms with van der Waals surface area (Å²) in [6.45, 7) is 0.243. The van der Waals surface area contributed by atoms with Gasteiger partial charge in [-0.15, -0.1) is 0 Å². The summed E-state index contributed by atoms with van der Waals surface area (Å²) in [5.74, 6) is 3.22. The fourth-order valence-electron chi connectivity index (χ4n) is 1.55. The second-order valence-electron chi connectivity index (χ2n) is 4.30. The van der Waals surface area contributed by atoms with Crippen LogP contribution in [-0.4, -0.2) is 32.8 Å². The molecule has 2 aromatic carbocycles. The summed E-state index contributed by atoms with van der Waals surface area (Å²) in [6, 6.07) is 15.8. The van der Waals surface area contributed by atoms with Gasteiger partial charge in [0.1, 0.15) is 0 Å². The van der Waals surface area contributed by atoms with Crippen molar-refractivity contribution in [3.63, 3.8) is 0 Å². The summed E-state index contributed by atoms with van der Waals surface area (Å²) >= 11 is -0.0677. The molecule has 0 bridgehead atoms.